The Bertz CT molecular complexity index is 489. The van der Waals surface area contributed by atoms with Gasteiger partial charge in [-0.25, -0.2) is 0 Å². The first-order chi connectivity index (χ1) is 8.45. The highest BCUT2D eigenvalue weighted by Crippen LogP contribution is 2.13. The van der Waals surface area contributed by atoms with Gasteiger partial charge >= 0.3 is 0 Å². The SMILES string of the molecule is CC(CC#N)N(C)CC(=O)c1cc([N+](=O)[O-])c[nH]1. The number of nitrogens with zero attached hydrogens (tertiary/aromatic N) is 3. The topological polar surface area (TPSA) is 103 Å². The zero-order valence-electron chi connectivity index (χ0n) is 10.2. The fraction of sp³-hybridized carbons (Fsp3) is 0.455. The van der Waals surface area contributed by atoms with Crippen LogP contribution in [0.1, 0.15) is 23.8 Å². The Morgan fingerprint density at radius 2 is 2.39 bits per heavy atom. The molecule has 0 aromatic carbocycles. The monoisotopic (exact) mass is 250 g/mol. The van der Waals surface area contributed by atoms with E-state index < -0.39 is 4.92 Å². The van der Waals surface area contributed by atoms with Crippen molar-refractivity contribution in [1.29, 1.82) is 5.26 Å². The molecular weight excluding hydrogens is 236 g/mol. The Kier molecular flexibility index (Phi) is 4.57. The summed E-state index contributed by atoms with van der Waals surface area (Å²) >= 11 is 0. The van der Waals surface area contributed by atoms with Gasteiger partial charge in [0.25, 0.3) is 5.69 Å². The number of H-pyrrole nitrogens is 1. The van der Waals surface area contributed by atoms with Gasteiger partial charge in [0.2, 0.25) is 0 Å². The van der Waals surface area contributed by atoms with Crippen LogP contribution in [0, 0.1) is 21.4 Å². The Morgan fingerprint density at radius 3 is 2.89 bits per heavy atom. The highest BCUT2D eigenvalue weighted by Gasteiger charge is 2.18. The predicted molar refractivity (Wildman–Crippen MR) is 64.1 cm³/mol. The molecule has 1 aromatic rings. The highest BCUT2D eigenvalue weighted by molar-refractivity contribution is 5.96. The minimum absolute atomic E-state index is 0.0381. The lowest BCUT2D eigenvalue weighted by atomic mass is 10.2. The van der Waals surface area contributed by atoms with Gasteiger partial charge in [-0.1, -0.05) is 0 Å². The van der Waals surface area contributed by atoms with Gasteiger partial charge in [0.05, 0.1) is 35.8 Å². The first-order valence-corrected chi connectivity index (χ1v) is 5.39. The molecule has 1 atom stereocenters. The molecule has 1 rings (SSSR count). The van der Waals surface area contributed by atoms with Crippen molar-refractivity contribution in [2.75, 3.05) is 13.6 Å². The van der Waals surface area contributed by atoms with Crippen molar-refractivity contribution in [2.45, 2.75) is 19.4 Å². The van der Waals surface area contributed by atoms with Crippen LogP contribution in [0.2, 0.25) is 0 Å². The summed E-state index contributed by atoms with van der Waals surface area (Å²) in [6.45, 7) is 1.95. The zero-order chi connectivity index (χ0) is 13.7. The third-order valence-corrected chi connectivity index (χ3v) is 2.71. The number of nitrogens with one attached hydrogen (secondary N) is 1. The van der Waals surface area contributed by atoms with Crippen LogP contribution in [0.4, 0.5) is 5.69 Å². The van der Waals surface area contributed by atoms with Gasteiger partial charge in [0, 0.05) is 12.1 Å². The van der Waals surface area contributed by atoms with E-state index in [1.807, 2.05) is 13.0 Å². The Labute approximate surface area is 104 Å². The van der Waals surface area contributed by atoms with Gasteiger partial charge in [-0.05, 0) is 14.0 Å². The van der Waals surface area contributed by atoms with E-state index in [0.717, 1.165) is 0 Å². The summed E-state index contributed by atoms with van der Waals surface area (Å²) in [7, 11) is 1.73. The molecule has 0 saturated carbocycles. The molecule has 0 amide bonds. The van der Waals surface area contributed by atoms with Crippen molar-refractivity contribution in [3.05, 3.63) is 28.1 Å². The molecule has 0 aliphatic carbocycles. The first-order valence-electron chi connectivity index (χ1n) is 5.39. The maximum absolute atomic E-state index is 11.8. The summed E-state index contributed by atoms with van der Waals surface area (Å²) in [5.41, 5.74) is 0.0729. The fourth-order valence-corrected chi connectivity index (χ4v) is 1.40. The van der Waals surface area contributed by atoms with Gasteiger partial charge < -0.3 is 4.98 Å². The molecule has 96 valence electrons. The number of aromatic nitrogens is 1. The second-order valence-electron chi connectivity index (χ2n) is 4.08. The first kappa shape index (κ1) is 13.9. The predicted octanol–water partition coefficient (Wildman–Crippen LogP) is 1.34. The third kappa shape index (κ3) is 3.40. The van der Waals surface area contributed by atoms with Crippen molar-refractivity contribution < 1.29 is 9.72 Å². The van der Waals surface area contributed by atoms with E-state index >= 15 is 0 Å². The smallest absolute Gasteiger partial charge is 0.287 e. The van der Waals surface area contributed by atoms with Crippen LogP contribution in [0.25, 0.3) is 0 Å². The molecule has 0 radical (unpaired) electrons. The third-order valence-electron chi connectivity index (χ3n) is 2.71. The van der Waals surface area contributed by atoms with Crippen LogP contribution >= 0.6 is 0 Å². The van der Waals surface area contributed by atoms with Crippen LogP contribution in [-0.2, 0) is 0 Å². The van der Waals surface area contributed by atoms with Gasteiger partial charge in [-0.15, -0.1) is 0 Å². The highest BCUT2D eigenvalue weighted by atomic mass is 16.6. The van der Waals surface area contributed by atoms with Crippen LogP contribution < -0.4 is 0 Å². The number of nitro groups is 1. The number of hydrogen-bond donors (Lipinski definition) is 1. The number of carbonyl (C=O) groups is 1. The van der Waals surface area contributed by atoms with E-state index in [1.165, 1.54) is 12.3 Å². The summed E-state index contributed by atoms with van der Waals surface area (Å²) in [4.78, 5) is 26.1. The molecule has 0 saturated heterocycles. The Balaban J connectivity index is 2.65. The normalized spacial score (nSPS) is 12.1. The molecule has 7 nitrogen and oxygen atoms in total. The van der Waals surface area contributed by atoms with Gasteiger partial charge in [-0.3, -0.25) is 19.8 Å². The van der Waals surface area contributed by atoms with Crippen LogP contribution in [-0.4, -0.2) is 40.2 Å². The molecule has 0 spiro atoms. The molecule has 7 heteroatoms. The van der Waals surface area contributed by atoms with Crippen molar-refractivity contribution in [1.82, 2.24) is 9.88 Å². The molecule has 1 N–H and O–H groups in total. The molecule has 1 aromatic heterocycles. The van der Waals surface area contributed by atoms with Crippen molar-refractivity contribution in [3.63, 3.8) is 0 Å². The van der Waals surface area contributed by atoms with E-state index in [-0.39, 0.29) is 29.8 Å². The van der Waals surface area contributed by atoms with E-state index in [0.29, 0.717) is 6.42 Å². The van der Waals surface area contributed by atoms with Gasteiger partial charge in [-0.2, -0.15) is 5.26 Å². The largest absolute Gasteiger partial charge is 0.353 e. The Hall–Kier alpha value is -2.20. The van der Waals surface area contributed by atoms with Crippen molar-refractivity contribution >= 4 is 11.5 Å². The molecule has 0 fully saturated rings. The van der Waals surface area contributed by atoms with E-state index in [2.05, 4.69) is 4.98 Å². The number of aromatic amines is 1. The number of hydrogen-bond acceptors (Lipinski definition) is 5. The lowest BCUT2D eigenvalue weighted by molar-refractivity contribution is -0.384. The maximum Gasteiger partial charge on any atom is 0.287 e. The standard InChI is InChI=1S/C11H14N4O3/c1-8(3-4-12)14(2)7-11(16)10-5-9(6-13-10)15(17)18/h5-6,8,13H,3,7H2,1-2H3. The Morgan fingerprint density at radius 1 is 1.72 bits per heavy atom. The van der Waals surface area contributed by atoms with E-state index in [4.69, 9.17) is 5.26 Å². The quantitative estimate of drug-likeness (QED) is 0.466. The second-order valence-corrected chi connectivity index (χ2v) is 4.08. The number of rotatable bonds is 6. The van der Waals surface area contributed by atoms with Crippen molar-refractivity contribution in [3.8, 4) is 6.07 Å². The molecule has 18 heavy (non-hydrogen) atoms. The average molecular weight is 250 g/mol. The van der Waals surface area contributed by atoms with Crippen molar-refractivity contribution in [2.24, 2.45) is 0 Å². The lowest BCUT2D eigenvalue weighted by Crippen LogP contribution is -2.33. The van der Waals surface area contributed by atoms with Crippen LogP contribution in [0.15, 0.2) is 12.3 Å². The fourth-order valence-electron chi connectivity index (χ4n) is 1.40. The molecular formula is C11H14N4O3. The minimum Gasteiger partial charge on any atom is -0.353 e. The van der Waals surface area contributed by atoms with Gasteiger partial charge in [0.1, 0.15) is 0 Å². The summed E-state index contributed by atoms with van der Waals surface area (Å²) in [6.07, 6.45) is 1.51. The van der Waals surface area contributed by atoms with Crippen LogP contribution in [0.5, 0.6) is 0 Å². The molecule has 1 unspecified atom stereocenters. The summed E-state index contributed by atoms with van der Waals surface area (Å²) < 4.78 is 0. The zero-order valence-corrected chi connectivity index (χ0v) is 10.2. The number of Topliss-reactive ketones (excluding diaryl/α,β-unsaturated/α-hetero) is 1. The lowest BCUT2D eigenvalue weighted by Gasteiger charge is -2.21. The number of nitriles is 1. The maximum atomic E-state index is 11.8. The molecule has 0 aliphatic heterocycles. The molecule has 1 heterocycles. The summed E-state index contributed by atoms with van der Waals surface area (Å²) in [5.74, 6) is -0.240. The van der Waals surface area contributed by atoms with Crippen LogP contribution in [0.3, 0.4) is 0 Å². The molecule has 0 aliphatic rings. The molecule has 0 bridgehead atoms. The second kappa shape index (κ2) is 5.93. The summed E-state index contributed by atoms with van der Waals surface area (Å²) in [6, 6.07) is 3.21. The number of likely N-dealkylation sites (N-methyl/N-ethyl adjacent to an activating group) is 1. The minimum atomic E-state index is -0.560. The number of ketones is 1. The average Bonchev–Trinajstić information content (AvgIpc) is 2.78. The van der Waals surface area contributed by atoms with E-state index in [9.17, 15) is 14.9 Å². The summed E-state index contributed by atoms with van der Waals surface area (Å²) in [5, 5.41) is 19.0. The number of carbonyl (C=O) groups excluding carboxylic acids is 1. The van der Waals surface area contributed by atoms with Gasteiger partial charge in [0.15, 0.2) is 5.78 Å². The van der Waals surface area contributed by atoms with E-state index in [1.54, 1.807) is 11.9 Å².